The summed E-state index contributed by atoms with van der Waals surface area (Å²) in [5, 5.41) is 11.0. The van der Waals surface area contributed by atoms with Crippen molar-refractivity contribution in [1.29, 1.82) is 0 Å². The quantitative estimate of drug-likeness (QED) is 0.618. The summed E-state index contributed by atoms with van der Waals surface area (Å²) in [5.74, 6) is -1.46. The number of carboxylic acid groups (broad SMARTS) is 1. The minimum atomic E-state index is -3.66. The maximum absolute atomic E-state index is 12.2. The summed E-state index contributed by atoms with van der Waals surface area (Å²) in [4.78, 5) is 22.3. The van der Waals surface area contributed by atoms with Gasteiger partial charge in [0.15, 0.2) is 0 Å². The van der Waals surface area contributed by atoms with E-state index < -0.39 is 21.9 Å². The van der Waals surface area contributed by atoms with Crippen molar-refractivity contribution < 1.29 is 27.9 Å². The zero-order chi connectivity index (χ0) is 17.6. The third kappa shape index (κ3) is 5.29. The van der Waals surface area contributed by atoms with Gasteiger partial charge < -0.3 is 15.2 Å². The van der Waals surface area contributed by atoms with Gasteiger partial charge in [-0.2, -0.15) is 0 Å². The Morgan fingerprint density at radius 3 is 2.54 bits per heavy atom. The van der Waals surface area contributed by atoms with Gasteiger partial charge in [0.2, 0.25) is 10.0 Å². The van der Waals surface area contributed by atoms with E-state index in [1.807, 2.05) is 0 Å². The standard InChI is InChI=1S/C15H20N2O6S/c18-14(19)7-8-16-15(20)11-3-5-13(6-4-11)24(21,22)17-10-12-2-1-9-23-12/h3-6,12,17H,1-2,7-10H2,(H,16,20)(H,18,19). The zero-order valence-corrected chi connectivity index (χ0v) is 13.8. The molecule has 0 saturated carbocycles. The molecule has 132 valence electrons. The first-order valence-electron chi connectivity index (χ1n) is 7.60. The van der Waals surface area contributed by atoms with Crippen molar-refractivity contribution in [3.05, 3.63) is 29.8 Å². The molecule has 1 saturated heterocycles. The summed E-state index contributed by atoms with van der Waals surface area (Å²) < 4.78 is 32.2. The van der Waals surface area contributed by atoms with Crippen LogP contribution < -0.4 is 10.0 Å². The number of amides is 1. The summed E-state index contributed by atoms with van der Waals surface area (Å²) in [5.41, 5.74) is 0.262. The largest absolute Gasteiger partial charge is 0.481 e. The lowest BCUT2D eigenvalue weighted by molar-refractivity contribution is -0.136. The van der Waals surface area contributed by atoms with Crippen LogP contribution in [0.2, 0.25) is 0 Å². The second-order valence-corrected chi connectivity index (χ2v) is 7.18. The molecule has 9 heteroatoms. The number of nitrogens with one attached hydrogen (secondary N) is 2. The second kappa shape index (κ2) is 8.22. The molecule has 1 amide bonds. The van der Waals surface area contributed by atoms with Gasteiger partial charge in [-0.25, -0.2) is 13.1 Å². The number of hydrogen-bond acceptors (Lipinski definition) is 5. The van der Waals surface area contributed by atoms with E-state index in [-0.39, 0.29) is 36.1 Å². The number of hydrogen-bond donors (Lipinski definition) is 3. The first kappa shape index (κ1) is 18.4. The summed E-state index contributed by atoms with van der Waals surface area (Å²) in [6, 6.07) is 5.45. The smallest absolute Gasteiger partial charge is 0.305 e. The highest BCUT2D eigenvalue weighted by Crippen LogP contribution is 2.14. The van der Waals surface area contributed by atoms with Crippen LogP contribution in [-0.2, 0) is 19.6 Å². The van der Waals surface area contributed by atoms with Crippen LogP contribution in [0.25, 0.3) is 0 Å². The molecule has 24 heavy (non-hydrogen) atoms. The molecule has 0 aliphatic carbocycles. The number of benzene rings is 1. The highest BCUT2D eigenvalue weighted by molar-refractivity contribution is 7.89. The number of carbonyl (C=O) groups excluding carboxylic acids is 1. The van der Waals surface area contributed by atoms with Crippen LogP contribution in [0.1, 0.15) is 29.6 Å². The Morgan fingerprint density at radius 1 is 1.25 bits per heavy atom. The Bertz CT molecular complexity index is 680. The zero-order valence-electron chi connectivity index (χ0n) is 13.0. The predicted octanol–water partition coefficient (Wildman–Crippen LogP) is 0.348. The first-order chi connectivity index (χ1) is 11.4. The van der Waals surface area contributed by atoms with Crippen LogP contribution in [0.5, 0.6) is 0 Å². The van der Waals surface area contributed by atoms with Crippen LogP contribution in [-0.4, -0.2) is 51.2 Å². The van der Waals surface area contributed by atoms with Crippen molar-refractivity contribution in [3.8, 4) is 0 Å². The lowest BCUT2D eigenvalue weighted by Crippen LogP contribution is -2.32. The van der Waals surface area contributed by atoms with Crippen LogP contribution in [0.3, 0.4) is 0 Å². The van der Waals surface area contributed by atoms with Gasteiger partial charge in [-0.15, -0.1) is 0 Å². The van der Waals surface area contributed by atoms with E-state index in [9.17, 15) is 18.0 Å². The molecule has 2 rings (SSSR count). The van der Waals surface area contributed by atoms with E-state index in [4.69, 9.17) is 9.84 Å². The lowest BCUT2D eigenvalue weighted by atomic mass is 10.2. The fourth-order valence-corrected chi connectivity index (χ4v) is 3.33. The fraction of sp³-hybridized carbons (Fsp3) is 0.467. The van der Waals surface area contributed by atoms with Gasteiger partial charge in [-0.1, -0.05) is 0 Å². The van der Waals surface area contributed by atoms with Crippen molar-refractivity contribution in [3.63, 3.8) is 0 Å². The molecule has 1 aromatic carbocycles. The van der Waals surface area contributed by atoms with Crippen molar-refractivity contribution in [2.75, 3.05) is 19.7 Å². The van der Waals surface area contributed by atoms with Crippen LogP contribution >= 0.6 is 0 Å². The number of aliphatic carboxylic acids is 1. The molecular weight excluding hydrogens is 336 g/mol. The number of carbonyl (C=O) groups is 2. The third-order valence-corrected chi connectivity index (χ3v) is 5.02. The fourth-order valence-electron chi connectivity index (χ4n) is 2.26. The maximum Gasteiger partial charge on any atom is 0.305 e. The Hall–Kier alpha value is -1.97. The molecule has 0 bridgehead atoms. The van der Waals surface area contributed by atoms with Gasteiger partial charge in [0, 0.05) is 25.3 Å². The SMILES string of the molecule is O=C(O)CCNC(=O)c1ccc(S(=O)(=O)NCC2CCCO2)cc1. The van der Waals surface area contributed by atoms with E-state index >= 15 is 0 Å². The predicted molar refractivity (Wildman–Crippen MR) is 85.2 cm³/mol. The molecule has 1 fully saturated rings. The van der Waals surface area contributed by atoms with Gasteiger partial charge in [0.05, 0.1) is 17.4 Å². The average Bonchev–Trinajstić information content (AvgIpc) is 3.06. The number of sulfonamides is 1. The monoisotopic (exact) mass is 356 g/mol. The van der Waals surface area contributed by atoms with Gasteiger partial charge in [-0.3, -0.25) is 9.59 Å². The van der Waals surface area contributed by atoms with E-state index in [0.717, 1.165) is 12.8 Å². The average molecular weight is 356 g/mol. The van der Waals surface area contributed by atoms with Crippen molar-refractivity contribution >= 4 is 21.9 Å². The summed E-state index contributed by atoms with van der Waals surface area (Å²) in [6.45, 7) is 0.884. The topological polar surface area (TPSA) is 122 Å². The highest BCUT2D eigenvalue weighted by atomic mass is 32.2. The van der Waals surface area contributed by atoms with E-state index in [2.05, 4.69) is 10.0 Å². The summed E-state index contributed by atoms with van der Waals surface area (Å²) in [6.07, 6.45) is 1.49. The molecule has 1 aliphatic rings. The molecule has 1 aliphatic heterocycles. The Morgan fingerprint density at radius 2 is 1.96 bits per heavy atom. The Labute approximate surface area is 140 Å². The molecular formula is C15H20N2O6S. The number of ether oxygens (including phenoxy) is 1. The normalized spacial score (nSPS) is 17.6. The molecule has 8 nitrogen and oxygen atoms in total. The van der Waals surface area contributed by atoms with Crippen molar-refractivity contribution in [2.24, 2.45) is 0 Å². The van der Waals surface area contributed by atoms with Crippen molar-refractivity contribution in [2.45, 2.75) is 30.3 Å². The molecule has 3 N–H and O–H groups in total. The molecule has 0 spiro atoms. The first-order valence-corrected chi connectivity index (χ1v) is 9.08. The lowest BCUT2D eigenvalue weighted by Gasteiger charge is -2.11. The summed E-state index contributed by atoms with van der Waals surface area (Å²) in [7, 11) is -3.66. The molecule has 1 aromatic rings. The molecule has 1 atom stereocenters. The van der Waals surface area contributed by atoms with Gasteiger partial charge in [-0.05, 0) is 37.1 Å². The van der Waals surface area contributed by atoms with Crippen LogP contribution in [0.4, 0.5) is 0 Å². The minimum absolute atomic E-state index is 0.0111. The second-order valence-electron chi connectivity index (χ2n) is 5.41. The third-order valence-electron chi connectivity index (χ3n) is 3.58. The highest BCUT2D eigenvalue weighted by Gasteiger charge is 2.20. The van der Waals surface area contributed by atoms with Crippen molar-refractivity contribution in [1.82, 2.24) is 10.0 Å². The minimum Gasteiger partial charge on any atom is -0.481 e. The molecule has 0 radical (unpaired) electrons. The number of carboxylic acids is 1. The van der Waals surface area contributed by atoms with Gasteiger partial charge in [0.25, 0.3) is 5.91 Å². The van der Waals surface area contributed by atoms with E-state index in [0.29, 0.717) is 6.61 Å². The van der Waals surface area contributed by atoms with E-state index in [1.54, 1.807) is 0 Å². The number of rotatable bonds is 8. The maximum atomic E-state index is 12.2. The van der Waals surface area contributed by atoms with Crippen LogP contribution in [0, 0.1) is 0 Å². The van der Waals surface area contributed by atoms with Gasteiger partial charge >= 0.3 is 5.97 Å². The Kier molecular flexibility index (Phi) is 6.29. The Balaban J connectivity index is 1.92. The molecule has 0 aromatic heterocycles. The van der Waals surface area contributed by atoms with E-state index in [1.165, 1.54) is 24.3 Å². The van der Waals surface area contributed by atoms with Gasteiger partial charge in [0.1, 0.15) is 0 Å². The summed E-state index contributed by atoms with van der Waals surface area (Å²) >= 11 is 0. The van der Waals surface area contributed by atoms with Crippen LogP contribution in [0.15, 0.2) is 29.2 Å². The molecule has 1 heterocycles. The molecule has 1 unspecified atom stereocenters.